The number of carbonyl (C=O) groups excluding carboxylic acids is 1. The first kappa shape index (κ1) is 20.4. The summed E-state index contributed by atoms with van der Waals surface area (Å²) in [4.78, 5) is 14.9. The zero-order chi connectivity index (χ0) is 20.3. The van der Waals surface area contributed by atoms with E-state index < -0.39 is 11.7 Å². The molecular weight excluding hydrogens is 435 g/mol. The molecule has 0 saturated carbocycles. The molecule has 0 aliphatic rings. The summed E-state index contributed by atoms with van der Waals surface area (Å²) in [5.41, 5.74) is 0.391. The number of halogens is 4. The number of carbonyl (C=O) groups is 1. The summed E-state index contributed by atoms with van der Waals surface area (Å²) in [5, 5.41) is 14.2. The number of hydrogen-bond acceptors (Lipinski definition) is 7. The summed E-state index contributed by atoms with van der Waals surface area (Å²) in [5.74, 6) is -0.187. The smallest absolute Gasteiger partial charge is 0.330 e. The molecule has 1 amide bonds. The number of pyridine rings is 1. The van der Waals surface area contributed by atoms with Crippen LogP contribution < -0.4 is 10.6 Å². The fourth-order valence-corrected chi connectivity index (χ4v) is 3.97. The predicted molar refractivity (Wildman–Crippen MR) is 102 cm³/mol. The van der Waals surface area contributed by atoms with Gasteiger partial charge in [-0.15, -0.1) is 10.2 Å². The molecule has 0 bridgehead atoms. The van der Waals surface area contributed by atoms with Gasteiger partial charge in [-0.1, -0.05) is 29.0 Å². The van der Waals surface area contributed by atoms with Crippen LogP contribution in [0.15, 0.2) is 45.9 Å². The second-order valence-corrected chi connectivity index (χ2v) is 7.99. The minimum absolute atomic E-state index is 0.118. The topological polar surface area (TPSA) is 79.8 Å². The average molecular weight is 446 g/mol. The van der Waals surface area contributed by atoms with Gasteiger partial charge in [-0.2, -0.15) is 13.2 Å². The van der Waals surface area contributed by atoms with Crippen LogP contribution in [0, 0.1) is 0 Å². The Balaban J connectivity index is 1.70. The molecule has 0 saturated heterocycles. The average Bonchev–Trinajstić information content (AvgIpc) is 3.02. The van der Waals surface area contributed by atoms with Gasteiger partial charge < -0.3 is 10.6 Å². The predicted octanol–water partition coefficient (Wildman–Crippen LogP) is 5.46. The molecule has 28 heavy (non-hydrogen) atoms. The highest BCUT2D eigenvalue weighted by Crippen LogP contribution is 2.38. The van der Waals surface area contributed by atoms with Crippen molar-refractivity contribution < 1.29 is 18.0 Å². The number of amides is 1. The minimum Gasteiger partial charge on any atom is -0.330 e. The van der Waals surface area contributed by atoms with Crippen LogP contribution in [0.2, 0.25) is 5.02 Å². The van der Waals surface area contributed by atoms with E-state index in [-0.39, 0.29) is 16.0 Å². The molecule has 2 aromatic heterocycles. The van der Waals surface area contributed by atoms with Gasteiger partial charge in [0.05, 0.1) is 10.6 Å². The monoisotopic (exact) mass is 445 g/mol. The molecule has 0 unspecified atom stereocenters. The number of benzene rings is 1. The van der Waals surface area contributed by atoms with Gasteiger partial charge in [0.15, 0.2) is 4.34 Å². The third kappa shape index (κ3) is 5.33. The van der Waals surface area contributed by atoms with E-state index in [4.69, 9.17) is 11.6 Å². The molecule has 3 aromatic rings. The van der Waals surface area contributed by atoms with E-state index in [0.717, 1.165) is 24.0 Å². The Morgan fingerprint density at radius 1 is 1.21 bits per heavy atom. The Hall–Kier alpha value is -2.37. The first-order chi connectivity index (χ1) is 13.2. The molecule has 0 fully saturated rings. The number of alkyl halides is 3. The number of anilines is 3. The van der Waals surface area contributed by atoms with Crippen LogP contribution in [0.5, 0.6) is 0 Å². The van der Waals surface area contributed by atoms with Gasteiger partial charge in [-0.3, -0.25) is 4.79 Å². The van der Waals surface area contributed by atoms with Gasteiger partial charge in [-0.05, 0) is 36.0 Å². The first-order valence-electron chi connectivity index (χ1n) is 7.59. The maximum atomic E-state index is 12.7. The van der Waals surface area contributed by atoms with Crippen LogP contribution in [0.1, 0.15) is 12.5 Å². The fourth-order valence-electron chi connectivity index (χ4n) is 2.04. The van der Waals surface area contributed by atoms with Crippen LogP contribution in [0.4, 0.5) is 29.7 Å². The molecule has 3 rings (SSSR count). The highest BCUT2D eigenvalue weighted by atomic mass is 35.5. The Bertz CT molecular complexity index is 1010. The van der Waals surface area contributed by atoms with Crippen LogP contribution in [-0.4, -0.2) is 21.1 Å². The highest BCUT2D eigenvalue weighted by molar-refractivity contribution is 8.01. The maximum Gasteiger partial charge on any atom is 0.417 e. The van der Waals surface area contributed by atoms with Gasteiger partial charge in [0, 0.05) is 24.5 Å². The van der Waals surface area contributed by atoms with E-state index in [0.29, 0.717) is 20.8 Å². The fraction of sp³-hybridized carbons (Fsp3) is 0.125. The molecule has 0 aliphatic carbocycles. The van der Waals surface area contributed by atoms with Crippen molar-refractivity contribution in [2.45, 2.75) is 22.5 Å². The van der Waals surface area contributed by atoms with Crippen LogP contribution in [-0.2, 0) is 11.0 Å². The zero-order valence-electron chi connectivity index (χ0n) is 14.0. The molecule has 0 spiro atoms. The molecule has 12 heteroatoms. The summed E-state index contributed by atoms with van der Waals surface area (Å²) < 4.78 is 38.5. The van der Waals surface area contributed by atoms with Crippen LogP contribution >= 0.6 is 34.7 Å². The highest BCUT2D eigenvalue weighted by Gasteiger charge is 2.31. The Labute approximate surface area is 170 Å². The molecule has 6 nitrogen and oxygen atoms in total. The van der Waals surface area contributed by atoms with E-state index in [1.807, 2.05) is 0 Å². The Kier molecular flexibility index (Phi) is 6.06. The lowest BCUT2D eigenvalue weighted by atomic mass is 10.3. The van der Waals surface area contributed by atoms with Crippen molar-refractivity contribution in [1.82, 2.24) is 15.2 Å². The number of rotatable bonds is 5. The Morgan fingerprint density at radius 3 is 2.64 bits per heavy atom. The summed E-state index contributed by atoms with van der Waals surface area (Å²) in [6.45, 7) is 1.41. The van der Waals surface area contributed by atoms with Crippen molar-refractivity contribution in [3.8, 4) is 0 Å². The number of nitrogens with one attached hydrogen (secondary N) is 2. The third-order valence-corrected chi connectivity index (χ3v) is 5.47. The second kappa shape index (κ2) is 8.33. The van der Waals surface area contributed by atoms with Crippen molar-refractivity contribution in [1.29, 1.82) is 0 Å². The Morgan fingerprint density at radius 2 is 1.96 bits per heavy atom. The van der Waals surface area contributed by atoms with E-state index in [9.17, 15) is 18.0 Å². The van der Waals surface area contributed by atoms with E-state index in [1.54, 1.807) is 24.3 Å². The van der Waals surface area contributed by atoms with Gasteiger partial charge in [-0.25, -0.2) is 4.98 Å². The molecule has 0 atom stereocenters. The summed E-state index contributed by atoms with van der Waals surface area (Å²) in [7, 11) is 0. The summed E-state index contributed by atoms with van der Waals surface area (Å²) in [6.07, 6.45) is -3.78. The van der Waals surface area contributed by atoms with Gasteiger partial charge in [0.1, 0.15) is 5.03 Å². The standard InChI is InChI=1S/C16H11ClF3N5OS2/c1-8(26)22-10-3-2-4-11(6-10)23-14-24-25-15(28-14)27-13-12(17)5-9(7-21-13)16(18,19)20/h2-7H,1H3,(H,22,26)(H,23,24). The first-order valence-corrected chi connectivity index (χ1v) is 9.60. The maximum absolute atomic E-state index is 12.7. The molecule has 2 heterocycles. The summed E-state index contributed by atoms with van der Waals surface area (Å²) >= 11 is 8.10. The molecule has 146 valence electrons. The third-order valence-electron chi connectivity index (χ3n) is 3.16. The lowest BCUT2D eigenvalue weighted by Crippen LogP contribution is -2.05. The molecule has 1 aromatic carbocycles. The van der Waals surface area contributed by atoms with Gasteiger partial charge in [0.2, 0.25) is 11.0 Å². The normalized spacial score (nSPS) is 11.3. The van der Waals surface area contributed by atoms with E-state index in [2.05, 4.69) is 25.8 Å². The summed E-state index contributed by atoms with van der Waals surface area (Å²) in [6, 6.07) is 7.84. The molecular formula is C16H11ClF3N5OS2. The van der Waals surface area contributed by atoms with Crippen molar-refractivity contribution in [2.75, 3.05) is 10.6 Å². The quantitative estimate of drug-likeness (QED) is 0.543. The number of aromatic nitrogens is 3. The van der Waals surface area contributed by atoms with Crippen molar-refractivity contribution >= 4 is 57.1 Å². The SMILES string of the molecule is CC(=O)Nc1cccc(Nc2nnc(Sc3ncc(C(F)(F)F)cc3Cl)s2)c1. The van der Waals surface area contributed by atoms with E-state index in [1.165, 1.54) is 18.3 Å². The van der Waals surface area contributed by atoms with Crippen molar-refractivity contribution in [3.63, 3.8) is 0 Å². The van der Waals surface area contributed by atoms with Gasteiger partial charge in [0.25, 0.3) is 0 Å². The zero-order valence-corrected chi connectivity index (χ0v) is 16.4. The van der Waals surface area contributed by atoms with Crippen molar-refractivity contribution in [2.24, 2.45) is 0 Å². The van der Waals surface area contributed by atoms with Crippen LogP contribution in [0.25, 0.3) is 0 Å². The lowest BCUT2D eigenvalue weighted by Gasteiger charge is -2.07. The second-order valence-electron chi connectivity index (χ2n) is 5.37. The van der Waals surface area contributed by atoms with E-state index >= 15 is 0 Å². The largest absolute Gasteiger partial charge is 0.417 e. The molecule has 2 N–H and O–H groups in total. The van der Waals surface area contributed by atoms with Crippen molar-refractivity contribution in [3.05, 3.63) is 47.1 Å². The minimum atomic E-state index is -4.51. The number of nitrogens with zero attached hydrogens (tertiary/aromatic N) is 3. The van der Waals surface area contributed by atoms with Crippen LogP contribution in [0.3, 0.4) is 0 Å². The molecule has 0 aliphatic heterocycles. The molecule has 0 radical (unpaired) electrons. The van der Waals surface area contributed by atoms with Gasteiger partial charge >= 0.3 is 6.18 Å². The lowest BCUT2D eigenvalue weighted by molar-refractivity contribution is -0.137. The number of hydrogen-bond donors (Lipinski definition) is 2.